The van der Waals surface area contributed by atoms with Crippen LogP contribution < -0.4 is 21.3 Å². The minimum atomic E-state index is -0.672. The average molecular weight is 376 g/mol. The fourth-order valence-corrected chi connectivity index (χ4v) is 3.45. The summed E-state index contributed by atoms with van der Waals surface area (Å²) in [6.45, 7) is 3.16. The van der Waals surface area contributed by atoms with Crippen LogP contribution in [0.3, 0.4) is 0 Å². The Labute approximate surface area is 154 Å². The van der Waals surface area contributed by atoms with Gasteiger partial charge in [0.2, 0.25) is 11.9 Å². The van der Waals surface area contributed by atoms with Crippen LogP contribution in [0.2, 0.25) is 0 Å². The topological polar surface area (TPSA) is 129 Å². The average Bonchev–Trinajstić information content (AvgIpc) is 3.06. The number of nitrogens with zero attached hydrogens (tertiary/aromatic N) is 5. The number of amides is 2. The number of hydrogen-bond donors (Lipinski definition) is 3. The normalized spacial score (nSPS) is 14.9. The fourth-order valence-electron chi connectivity index (χ4n) is 2.61. The lowest BCUT2D eigenvalue weighted by atomic mass is 10.3. The maximum atomic E-state index is 12.3. The van der Waals surface area contributed by atoms with Crippen molar-refractivity contribution >= 4 is 39.2 Å². The number of nitrogens with two attached hydrogens (primary N) is 1. The Morgan fingerprint density at radius 3 is 2.54 bits per heavy atom. The van der Waals surface area contributed by atoms with E-state index in [0.717, 1.165) is 26.2 Å². The lowest BCUT2D eigenvalue weighted by Gasteiger charge is -2.34. The molecule has 11 heteroatoms. The summed E-state index contributed by atoms with van der Waals surface area (Å²) in [6, 6.07) is 1.78. The number of rotatable bonds is 6. The second-order valence-corrected chi connectivity index (χ2v) is 6.67. The lowest BCUT2D eigenvalue weighted by Crippen LogP contribution is -2.49. The number of anilines is 3. The number of piperazine rings is 1. The highest BCUT2D eigenvalue weighted by atomic mass is 32.1. The Kier molecular flexibility index (Phi) is 5.58. The summed E-state index contributed by atoms with van der Waals surface area (Å²) in [5, 5.41) is 6.45. The largest absolute Gasteiger partial charge is 0.365 e. The third-order valence-corrected chi connectivity index (χ3v) is 4.89. The predicted molar refractivity (Wildman–Crippen MR) is 99.5 cm³/mol. The molecule has 0 aromatic carbocycles. The molecule has 1 aliphatic rings. The van der Waals surface area contributed by atoms with Crippen LogP contribution in [0.1, 0.15) is 10.5 Å². The SMILES string of the molecule is CNc1nc(C(N)=O)c(NC(=O)CN2CCN(c3ncccn3)CC2)s1. The molecule has 2 aromatic heterocycles. The van der Waals surface area contributed by atoms with E-state index < -0.39 is 5.91 Å². The number of aromatic nitrogens is 3. The molecule has 0 radical (unpaired) electrons. The van der Waals surface area contributed by atoms with Crippen molar-refractivity contribution < 1.29 is 9.59 Å². The molecule has 2 amide bonds. The predicted octanol–water partition coefficient (Wildman–Crippen LogP) is -0.166. The van der Waals surface area contributed by atoms with Crippen molar-refractivity contribution in [2.24, 2.45) is 5.73 Å². The van der Waals surface area contributed by atoms with E-state index in [1.54, 1.807) is 25.5 Å². The summed E-state index contributed by atoms with van der Waals surface area (Å²) in [7, 11) is 1.69. The standard InChI is InChI=1S/C15H20N8O2S/c1-17-15-21-11(12(16)25)13(26-15)20-10(24)9-22-5-7-23(8-6-22)14-18-3-2-4-19-14/h2-4H,5-9H2,1H3,(H2,16,25)(H,17,21)(H,20,24). The quantitative estimate of drug-likeness (QED) is 0.634. The number of thiazole rings is 1. The van der Waals surface area contributed by atoms with Gasteiger partial charge in [-0.2, -0.15) is 0 Å². The van der Waals surface area contributed by atoms with Crippen LogP contribution in [0.4, 0.5) is 16.1 Å². The maximum Gasteiger partial charge on any atom is 0.270 e. The van der Waals surface area contributed by atoms with Crippen molar-refractivity contribution in [1.82, 2.24) is 19.9 Å². The van der Waals surface area contributed by atoms with Crippen LogP contribution in [0.25, 0.3) is 0 Å². The molecule has 0 aliphatic carbocycles. The van der Waals surface area contributed by atoms with E-state index in [1.807, 2.05) is 4.90 Å². The molecule has 10 nitrogen and oxygen atoms in total. The van der Waals surface area contributed by atoms with E-state index in [1.165, 1.54) is 11.3 Å². The first kappa shape index (κ1) is 18.0. The highest BCUT2D eigenvalue weighted by molar-refractivity contribution is 7.20. The van der Waals surface area contributed by atoms with Crippen LogP contribution in [0, 0.1) is 0 Å². The first-order valence-corrected chi connectivity index (χ1v) is 8.91. The van der Waals surface area contributed by atoms with Gasteiger partial charge in [-0.05, 0) is 6.07 Å². The zero-order valence-electron chi connectivity index (χ0n) is 14.3. The smallest absolute Gasteiger partial charge is 0.270 e. The second-order valence-electron chi connectivity index (χ2n) is 5.67. The lowest BCUT2D eigenvalue weighted by molar-refractivity contribution is -0.117. The minimum Gasteiger partial charge on any atom is -0.365 e. The van der Waals surface area contributed by atoms with Gasteiger partial charge < -0.3 is 21.3 Å². The molecular formula is C15H20N8O2S. The number of carbonyl (C=O) groups is 2. The number of carbonyl (C=O) groups excluding carboxylic acids is 2. The zero-order chi connectivity index (χ0) is 18.5. The molecule has 3 heterocycles. The third-order valence-electron chi connectivity index (χ3n) is 3.90. The fraction of sp³-hybridized carbons (Fsp3) is 0.400. The van der Waals surface area contributed by atoms with Gasteiger partial charge in [0, 0.05) is 45.6 Å². The van der Waals surface area contributed by atoms with Crippen LogP contribution >= 0.6 is 11.3 Å². The van der Waals surface area contributed by atoms with E-state index in [2.05, 4.69) is 30.5 Å². The Hall–Kier alpha value is -2.79. The Balaban J connectivity index is 1.53. The summed E-state index contributed by atoms with van der Waals surface area (Å²) in [4.78, 5) is 40.4. The van der Waals surface area contributed by atoms with Crippen LogP contribution in [0.15, 0.2) is 18.5 Å². The molecule has 2 aromatic rings. The van der Waals surface area contributed by atoms with Gasteiger partial charge in [0.25, 0.3) is 5.91 Å². The summed E-state index contributed by atoms with van der Waals surface area (Å²) >= 11 is 1.18. The molecule has 1 aliphatic heterocycles. The van der Waals surface area contributed by atoms with Gasteiger partial charge in [-0.1, -0.05) is 11.3 Å². The summed E-state index contributed by atoms with van der Waals surface area (Å²) in [6.07, 6.45) is 3.43. The summed E-state index contributed by atoms with van der Waals surface area (Å²) in [5.74, 6) is -0.176. The van der Waals surface area contributed by atoms with E-state index in [4.69, 9.17) is 5.73 Å². The van der Waals surface area contributed by atoms with Crippen molar-refractivity contribution in [3.63, 3.8) is 0 Å². The monoisotopic (exact) mass is 376 g/mol. The Bertz CT molecular complexity index is 773. The number of hydrogen-bond acceptors (Lipinski definition) is 9. The van der Waals surface area contributed by atoms with Gasteiger partial charge in [0.05, 0.1) is 6.54 Å². The minimum absolute atomic E-state index is 0.0683. The maximum absolute atomic E-state index is 12.3. The van der Waals surface area contributed by atoms with Crippen molar-refractivity contribution in [1.29, 1.82) is 0 Å². The molecule has 4 N–H and O–H groups in total. The third kappa shape index (κ3) is 4.24. The second kappa shape index (κ2) is 8.06. The van der Waals surface area contributed by atoms with Gasteiger partial charge in [-0.3, -0.25) is 14.5 Å². The molecule has 138 valence electrons. The summed E-state index contributed by atoms with van der Waals surface area (Å²) in [5.41, 5.74) is 5.38. The van der Waals surface area contributed by atoms with Crippen LogP contribution in [-0.4, -0.2) is 71.4 Å². The van der Waals surface area contributed by atoms with Gasteiger partial charge in [-0.15, -0.1) is 0 Å². The zero-order valence-corrected chi connectivity index (χ0v) is 15.1. The van der Waals surface area contributed by atoms with Gasteiger partial charge in [0.1, 0.15) is 5.00 Å². The molecule has 1 saturated heterocycles. The van der Waals surface area contributed by atoms with E-state index >= 15 is 0 Å². The van der Waals surface area contributed by atoms with Crippen molar-refractivity contribution in [3.8, 4) is 0 Å². The molecule has 0 unspecified atom stereocenters. The highest BCUT2D eigenvalue weighted by Gasteiger charge is 2.22. The van der Waals surface area contributed by atoms with Crippen LogP contribution in [0.5, 0.6) is 0 Å². The Morgan fingerprint density at radius 2 is 1.92 bits per heavy atom. The van der Waals surface area contributed by atoms with Gasteiger partial charge in [0.15, 0.2) is 10.8 Å². The van der Waals surface area contributed by atoms with Gasteiger partial charge in [-0.25, -0.2) is 15.0 Å². The van der Waals surface area contributed by atoms with E-state index in [9.17, 15) is 9.59 Å². The molecule has 26 heavy (non-hydrogen) atoms. The summed E-state index contributed by atoms with van der Waals surface area (Å²) < 4.78 is 0. The molecular weight excluding hydrogens is 356 g/mol. The first-order chi connectivity index (χ1) is 12.6. The van der Waals surface area contributed by atoms with Crippen molar-refractivity contribution in [2.45, 2.75) is 0 Å². The van der Waals surface area contributed by atoms with E-state index in [0.29, 0.717) is 16.1 Å². The molecule has 3 rings (SSSR count). The molecule has 0 bridgehead atoms. The molecule has 1 fully saturated rings. The van der Waals surface area contributed by atoms with Gasteiger partial charge >= 0.3 is 0 Å². The number of primary amides is 1. The van der Waals surface area contributed by atoms with Crippen molar-refractivity contribution in [2.75, 3.05) is 55.3 Å². The van der Waals surface area contributed by atoms with Crippen LogP contribution in [-0.2, 0) is 4.79 Å². The van der Waals surface area contributed by atoms with E-state index in [-0.39, 0.29) is 18.1 Å². The molecule has 0 atom stereocenters. The number of nitrogens with one attached hydrogen (secondary N) is 2. The first-order valence-electron chi connectivity index (χ1n) is 8.09. The molecule has 0 spiro atoms. The Morgan fingerprint density at radius 1 is 1.23 bits per heavy atom. The highest BCUT2D eigenvalue weighted by Crippen LogP contribution is 2.27. The van der Waals surface area contributed by atoms with Crippen molar-refractivity contribution in [3.05, 3.63) is 24.2 Å². The molecule has 0 saturated carbocycles.